The minimum Gasteiger partial charge on any atom is -0.380 e. The van der Waals surface area contributed by atoms with Gasteiger partial charge in [-0.15, -0.1) is 0 Å². The monoisotopic (exact) mass is 495 g/mol. The number of hydrogen-bond donors (Lipinski definition) is 1. The van der Waals surface area contributed by atoms with E-state index in [9.17, 15) is 14.9 Å². The summed E-state index contributed by atoms with van der Waals surface area (Å²) in [5, 5.41) is 14.8. The number of carbonyl (C=O) groups is 1. The lowest BCUT2D eigenvalue weighted by atomic mass is 9.65. The van der Waals surface area contributed by atoms with Crippen LogP contribution in [0.3, 0.4) is 0 Å². The SMILES string of the molecule is CC1=CC(C)(C)N(C(=O)c2ccc([N+](=O)[O-])cc2)c2ccc([C@@]3(C)CC(C)(C)Nc4ccccc43)cc21. The minimum atomic E-state index is -0.565. The number of nitrogens with zero attached hydrogens (tertiary/aromatic N) is 2. The normalized spacial score (nSPS) is 21.2. The van der Waals surface area contributed by atoms with Crippen molar-refractivity contribution in [2.75, 3.05) is 10.2 Å². The van der Waals surface area contributed by atoms with Gasteiger partial charge in [0.05, 0.1) is 16.1 Å². The minimum absolute atomic E-state index is 0.0337. The van der Waals surface area contributed by atoms with Crippen LogP contribution in [0.25, 0.3) is 5.57 Å². The molecule has 3 aromatic rings. The maximum absolute atomic E-state index is 13.8. The van der Waals surface area contributed by atoms with Crippen LogP contribution >= 0.6 is 0 Å². The third-order valence-corrected chi connectivity index (χ3v) is 7.76. The second-order valence-electron chi connectivity index (χ2n) is 11.7. The molecule has 37 heavy (non-hydrogen) atoms. The van der Waals surface area contributed by atoms with Crippen molar-refractivity contribution in [3.05, 3.63) is 105 Å². The number of nitro benzene ring substituents is 1. The number of nitro groups is 1. The molecule has 0 saturated carbocycles. The number of amides is 1. The topological polar surface area (TPSA) is 75.5 Å². The highest BCUT2D eigenvalue weighted by molar-refractivity contribution is 6.10. The van der Waals surface area contributed by atoms with Crippen molar-refractivity contribution in [2.24, 2.45) is 0 Å². The number of nitrogens with one attached hydrogen (secondary N) is 1. The summed E-state index contributed by atoms with van der Waals surface area (Å²) >= 11 is 0. The molecule has 190 valence electrons. The molecule has 0 unspecified atom stereocenters. The quantitative estimate of drug-likeness (QED) is 0.305. The zero-order valence-corrected chi connectivity index (χ0v) is 22.3. The third-order valence-electron chi connectivity index (χ3n) is 7.76. The van der Waals surface area contributed by atoms with Crippen LogP contribution in [-0.4, -0.2) is 21.9 Å². The predicted octanol–water partition coefficient (Wildman–Crippen LogP) is 7.34. The van der Waals surface area contributed by atoms with E-state index in [0.29, 0.717) is 5.56 Å². The van der Waals surface area contributed by atoms with Gasteiger partial charge in [-0.25, -0.2) is 0 Å². The number of non-ortho nitro benzene ring substituents is 1. The third kappa shape index (κ3) is 4.10. The lowest BCUT2D eigenvalue weighted by molar-refractivity contribution is -0.384. The molecule has 0 saturated heterocycles. The Kier molecular flexibility index (Phi) is 5.55. The van der Waals surface area contributed by atoms with Gasteiger partial charge in [-0.05, 0) is 88.1 Å². The van der Waals surface area contributed by atoms with Gasteiger partial charge in [-0.1, -0.05) is 37.3 Å². The number of benzene rings is 3. The highest BCUT2D eigenvalue weighted by atomic mass is 16.6. The zero-order valence-electron chi connectivity index (χ0n) is 22.3. The molecule has 0 aliphatic carbocycles. The fourth-order valence-corrected chi connectivity index (χ4v) is 6.32. The Morgan fingerprint density at radius 1 is 0.973 bits per heavy atom. The number of anilines is 2. The average Bonchev–Trinajstić information content (AvgIpc) is 2.82. The smallest absolute Gasteiger partial charge is 0.269 e. The van der Waals surface area contributed by atoms with Crippen molar-refractivity contribution in [1.82, 2.24) is 0 Å². The summed E-state index contributed by atoms with van der Waals surface area (Å²) in [6.45, 7) is 12.9. The number of hydrogen-bond acceptors (Lipinski definition) is 4. The van der Waals surface area contributed by atoms with Crippen LogP contribution in [0.1, 0.15) is 75.0 Å². The van der Waals surface area contributed by atoms with Crippen LogP contribution in [0.2, 0.25) is 0 Å². The van der Waals surface area contributed by atoms with Crippen molar-refractivity contribution in [3.8, 4) is 0 Å². The summed E-state index contributed by atoms with van der Waals surface area (Å²) in [4.78, 5) is 26.2. The largest absolute Gasteiger partial charge is 0.380 e. The highest BCUT2D eigenvalue weighted by Gasteiger charge is 2.43. The maximum Gasteiger partial charge on any atom is 0.269 e. The van der Waals surface area contributed by atoms with E-state index in [1.54, 1.807) is 0 Å². The van der Waals surface area contributed by atoms with Crippen molar-refractivity contribution < 1.29 is 9.72 Å². The summed E-state index contributed by atoms with van der Waals surface area (Å²) in [5.74, 6) is -0.183. The van der Waals surface area contributed by atoms with Crippen molar-refractivity contribution >= 4 is 28.5 Å². The van der Waals surface area contributed by atoms with Gasteiger partial charge in [-0.2, -0.15) is 0 Å². The number of carbonyl (C=O) groups excluding carboxylic acids is 1. The molecule has 2 heterocycles. The molecule has 2 aliphatic heterocycles. The predicted molar refractivity (Wildman–Crippen MR) is 149 cm³/mol. The fraction of sp³-hybridized carbons (Fsp3) is 0.323. The first-order valence-electron chi connectivity index (χ1n) is 12.6. The van der Waals surface area contributed by atoms with Crippen LogP contribution in [0.5, 0.6) is 0 Å². The van der Waals surface area contributed by atoms with E-state index in [-0.39, 0.29) is 22.5 Å². The summed E-state index contributed by atoms with van der Waals surface area (Å²) in [7, 11) is 0. The molecule has 0 spiro atoms. The Labute approximate surface area is 218 Å². The highest BCUT2D eigenvalue weighted by Crippen LogP contribution is 2.49. The van der Waals surface area contributed by atoms with Gasteiger partial charge in [0.2, 0.25) is 0 Å². The second kappa shape index (κ2) is 8.30. The molecule has 1 amide bonds. The molecular formula is C31H33N3O3. The van der Waals surface area contributed by atoms with Gasteiger partial charge >= 0.3 is 0 Å². The summed E-state index contributed by atoms with van der Waals surface area (Å²) in [5.41, 5.74) is 6.17. The zero-order chi connectivity index (χ0) is 26.8. The van der Waals surface area contributed by atoms with Crippen LogP contribution in [0.4, 0.5) is 17.1 Å². The molecule has 0 fully saturated rings. The van der Waals surface area contributed by atoms with E-state index >= 15 is 0 Å². The van der Waals surface area contributed by atoms with Gasteiger partial charge in [-0.3, -0.25) is 19.8 Å². The summed E-state index contributed by atoms with van der Waals surface area (Å²) in [6.07, 6.45) is 3.06. The van der Waals surface area contributed by atoms with E-state index in [0.717, 1.165) is 28.9 Å². The number of allylic oxidation sites excluding steroid dienone is 1. The van der Waals surface area contributed by atoms with E-state index in [2.05, 4.69) is 81.6 Å². The maximum atomic E-state index is 13.8. The average molecular weight is 496 g/mol. The van der Waals surface area contributed by atoms with Gasteiger partial charge in [0, 0.05) is 39.9 Å². The van der Waals surface area contributed by atoms with Crippen LogP contribution in [-0.2, 0) is 5.41 Å². The molecule has 6 heteroatoms. The molecule has 2 aliphatic rings. The standard InChI is InChI=1S/C31H33N3O3/c1-20-18-30(4,5)33(28(35)21-11-14-23(15-12-21)34(36)37)27-16-13-22(17-24(20)27)31(6)19-29(2,3)32-26-10-8-7-9-25(26)31/h7-18,32H,19H2,1-6H3/t31-/m1/s1. The Hall–Kier alpha value is -3.93. The van der Waals surface area contributed by atoms with Gasteiger partial charge in [0.15, 0.2) is 0 Å². The molecule has 3 aromatic carbocycles. The van der Waals surface area contributed by atoms with Crippen molar-refractivity contribution in [1.29, 1.82) is 0 Å². The van der Waals surface area contributed by atoms with Gasteiger partial charge in [0.1, 0.15) is 0 Å². The van der Waals surface area contributed by atoms with Crippen LogP contribution in [0.15, 0.2) is 72.8 Å². The summed E-state index contributed by atoms with van der Waals surface area (Å²) in [6, 6.07) is 20.8. The van der Waals surface area contributed by atoms with E-state index in [1.807, 2.05) is 18.7 Å². The van der Waals surface area contributed by atoms with Crippen molar-refractivity contribution in [2.45, 2.75) is 64.5 Å². The Bertz CT molecular complexity index is 1450. The van der Waals surface area contributed by atoms with E-state index in [4.69, 9.17) is 0 Å². The number of para-hydroxylation sites is 1. The Morgan fingerprint density at radius 2 is 1.65 bits per heavy atom. The molecule has 1 atom stereocenters. The molecule has 0 aromatic heterocycles. The number of fused-ring (bicyclic) bond motifs is 2. The van der Waals surface area contributed by atoms with Gasteiger partial charge in [0.25, 0.3) is 11.6 Å². The molecular weight excluding hydrogens is 462 g/mol. The lowest BCUT2D eigenvalue weighted by Crippen LogP contribution is -2.49. The number of rotatable bonds is 3. The van der Waals surface area contributed by atoms with Gasteiger partial charge < -0.3 is 5.32 Å². The molecule has 6 nitrogen and oxygen atoms in total. The molecule has 5 rings (SSSR count). The summed E-state index contributed by atoms with van der Waals surface area (Å²) < 4.78 is 0. The fourth-order valence-electron chi connectivity index (χ4n) is 6.32. The Balaban J connectivity index is 1.61. The van der Waals surface area contributed by atoms with Crippen molar-refractivity contribution in [3.63, 3.8) is 0 Å². The second-order valence-corrected chi connectivity index (χ2v) is 11.7. The first-order valence-corrected chi connectivity index (χ1v) is 12.6. The molecule has 0 bridgehead atoms. The first kappa shape index (κ1) is 24.8. The van der Waals surface area contributed by atoms with Crippen LogP contribution in [0, 0.1) is 10.1 Å². The van der Waals surface area contributed by atoms with Crippen LogP contribution < -0.4 is 10.2 Å². The van der Waals surface area contributed by atoms with E-state index < -0.39 is 10.5 Å². The first-order chi connectivity index (χ1) is 17.3. The Morgan fingerprint density at radius 3 is 2.32 bits per heavy atom. The molecule has 1 N–H and O–H groups in total. The molecule has 0 radical (unpaired) electrons. The lowest BCUT2D eigenvalue weighted by Gasteiger charge is -2.47. The van der Waals surface area contributed by atoms with E-state index in [1.165, 1.54) is 35.4 Å².